The topological polar surface area (TPSA) is 102 Å². The molecular formula is C15H19NO6S. The largest absolute Gasteiger partial charge is 0.504 e. The molecule has 0 saturated heterocycles. The number of aromatic hydroxyl groups is 1. The van der Waals surface area contributed by atoms with Crippen molar-refractivity contribution in [3.8, 4) is 11.5 Å². The number of hydrogen-bond donors (Lipinski definition) is 2. The van der Waals surface area contributed by atoms with Crippen LogP contribution in [0.5, 0.6) is 11.5 Å². The summed E-state index contributed by atoms with van der Waals surface area (Å²) in [5.74, 6) is -0.816. The normalized spacial score (nSPS) is 11.5. The second kappa shape index (κ2) is 8.42. The van der Waals surface area contributed by atoms with Gasteiger partial charge in [0.25, 0.3) is 0 Å². The van der Waals surface area contributed by atoms with Crippen LogP contribution in [-0.2, 0) is 14.3 Å². The Morgan fingerprint density at radius 1 is 1.30 bits per heavy atom. The van der Waals surface area contributed by atoms with Gasteiger partial charge >= 0.3 is 5.97 Å². The van der Waals surface area contributed by atoms with Crippen molar-refractivity contribution in [1.82, 2.24) is 5.32 Å². The van der Waals surface area contributed by atoms with Crippen molar-refractivity contribution in [2.24, 2.45) is 0 Å². The zero-order valence-corrected chi connectivity index (χ0v) is 14.2. The minimum absolute atomic E-state index is 0.0280. The summed E-state index contributed by atoms with van der Waals surface area (Å²) < 4.78 is 9.60. The maximum atomic E-state index is 12.2. The lowest BCUT2D eigenvalue weighted by Crippen LogP contribution is -2.42. The lowest BCUT2D eigenvalue weighted by Gasteiger charge is -2.15. The Labute approximate surface area is 138 Å². The molecule has 8 heteroatoms. The Kier molecular flexibility index (Phi) is 6.89. The molecule has 0 aliphatic heterocycles. The second-order valence-electron chi connectivity index (χ2n) is 4.72. The highest BCUT2D eigenvalue weighted by molar-refractivity contribution is 8.14. The van der Waals surface area contributed by atoms with Gasteiger partial charge in [-0.1, -0.05) is 11.8 Å². The fourth-order valence-electron chi connectivity index (χ4n) is 1.82. The fourth-order valence-corrected chi connectivity index (χ4v) is 2.64. The van der Waals surface area contributed by atoms with Crippen LogP contribution in [-0.4, -0.2) is 48.1 Å². The van der Waals surface area contributed by atoms with Crippen LogP contribution in [0.3, 0.4) is 0 Å². The molecule has 0 unspecified atom stereocenters. The highest BCUT2D eigenvalue weighted by atomic mass is 32.2. The smallest absolute Gasteiger partial charge is 0.329 e. The van der Waals surface area contributed by atoms with Crippen LogP contribution in [0.2, 0.25) is 0 Å². The Morgan fingerprint density at radius 3 is 2.48 bits per heavy atom. The molecule has 1 aromatic carbocycles. The van der Waals surface area contributed by atoms with E-state index in [1.165, 1.54) is 33.3 Å². The van der Waals surface area contributed by atoms with Crippen LogP contribution in [0.25, 0.3) is 0 Å². The van der Waals surface area contributed by atoms with E-state index in [9.17, 15) is 19.5 Å². The summed E-state index contributed by atoms with van der Waals surface area (Å²) in [5.41, 5.74) is 0.827. The van der Waals surface area contributed by atoms with Crippen LogP contribution < -0.4 is 10.1 Å². The van der Waals surface area contributed by atoms with Crippen molar-refractivity contribution in [1.29, 1.82) is 0 Å². The van der Waals surface area contributed by atoms with Crippen LogP contribution >= 0.6 is 11.8 Å². The molecule has 1 atom stereocenters. The average Bonchev–Trinajstić information content (AvgIpc) is 2.52. The highest BCUT2D eigenvalue weighted by Crippen LogP contribution is 2.32. The van der Waals surface area contributed by atoms with Crippen LogP contribution in [0.1, 0.15) is 22.8 Å². The minimum atomic E-state index is -0.911. The van der Waals surface area contributed by atoms with Crippen molar-refractivity contribution >= 4 is 28.8 Å². The quantitative estimate of drug-likeness (QED) is 0.751. The number of phenols is 1. The number of amides is 1. The number of methoxy groups -OCH3 is 2. The molecule has 0 spiro atoms. The van der Waals surface area contributed by atoms with E-state index in [1.807, 2.05) is 0 Å². The maximum Gasteiger partial charge on any atom is 0.329 e. The van der Waals surface area contributed by atoms with Gasteiger partial charge in [-0.3, -0.25) is 9.59 Å². The molecule has 7 nitrogen and oxygen atoms in total. The SMILES string of the molecule is COC(=O)[C@H](CSC(=O)c1cc(C)c(O)c(OC)c1)NC(C)=O. The lowest BCUT2D eigenvalue weighted by atomic mass is 10.1. The number of hydrogen-bond acceptors (Lipinski definition) is 7. The summed E-state index contributed by atoms with van der Waals surface area (Å²) in [4.78, 5) is 34.9. The predicted octanol–water partition coefficient (Wildman–Crippen LogP) is 1.26. The molecular weight excluding hydrogens is 322 g/mol. The zero-order valence-electron chi connectivity index (χ0n) is 13.3. The maximum absolute atomic E-state index is 12.2. The number of benzene rings is 1. The highest BCUT2D eigenvalue weighted by Gasteiger charge is 2.22. The molecule has 2 N–H and O–H groups in total. The number of rotatable bonds is 6. The van der Waals surface area contributed by atoms with Crippen molar-refractivity contribution in [3.63, 3.8) is 0 Å². The van der Waals surface area contributed by atoms with Crippen molar-refractivity contribution < 1.29 is 29.0 Å². The molecule has 23 heavy (non-hydrogen) atoms. The van der Waals surface area contributed by atoms with Crippen LogP contribution in [0, 0.1) is 6.92 Å². The molecule has 1 amide bonds. The minimum Gasteiger partial charge on any atom is -0.504 e. The number of nitrogens with one attached hydrogen (secondary N) is 1. The number of esters is 1. The van der Waals surface area contributed by atoms with E-state index >= 15 is 0 Å². The molecule has 0 aliphatic carbocycles. The first kappa shape index (κ1) is 18.8. The summed E-state index contributed by atoms with van der Waals surface area (Å²) >= 11 is 0.865. The van der Waals surface area contributed by atoms with Gasteiger partial charge in [0.2, 0.25) is 11.0 Å². The van der Waals surface area contributed by atoms with E-state index in [2.05, 4.69) is 10.1 Å². The van der Waals surface area contributed by atoms with Gasteiger partial charge in [0.1, 0.15) is 6.04 Å². The average molecular weight is 341 g/mol. The van der Waals surface area contributed by atoms with Crippen molar-refractivity contribution in [2.75, 3.05) is 20.0 Å². The third-order valence-electron chi connectivity index (χ3n) is 2.97. The summed E-state index contributed by atoms with van der Waals surface area (Å²) in [6.07, 6.45) is 0. The fraction of sp³-hybridized carbons (Fsp3) is 0.400. The number of phenolic OH excluding ortho intramolecular Hbond substituents is 1. The van der Waals surface area contributed by atoms with Gasteiger partial charge in [-0.25, -0.2) is 4.79 Å². The van der Waals surface area contributed by atoms with Gasteiger partial charge < -0.3 is 19.9 Å². The van der Waals surface area contributed by atoms with Crippen molar-refractivity contribution in [2.45, 2.75) is 19.9 Å². The Hall–Kier alpha value is -2.22. The van der Waals surface area contributed by atoms with Gasteiger partial charge in [0.15, 0.2) is 11.5 Å². The Balaban J connectivity index is 2.84. The summed E-state index contributed by atoms with van der Waals surface area (Å²) in [5, 5.41) is 11.9. The monoisotopic (exact) mass is 341 g/mol. The van der Waals surface area contributed by atoms with Gasteiger partial charge in [-0.15, -0.1) is 0 Å². The molecule has 0 aliphatic rings. The molecule has 0 radical (unpaired) electrons. The summed E-state index contributed by atoms with van der Waals surface area (Å²) in [7, 11) is 2.60. The molecule has 0 bridgehead atoms. The molecule has 126 valence electrons. The molecule has 0 fully saturated rings. The first-order valence-electron chi connectivity index (χ1n) is 6.69. The third-order valence-corrected chi connectivity index (χ3v) is 3.96. The Bertz CT molecular complexity index is 616. The van der Waals surface area contributed by atoms with Crippen molar-refractivity contribution in [3.05, 3.63) is 23.3 Å². The molecule has 0 saturated carbocycles. The lowest BCUT2D eigenvalue weighted by molar-refractivity contribution is -0.144. The van der Waals surface area contributed by atoms with Gasteiger partial charge in [0.05, 0.1) is 14.2 Å². The zero-order chi connectivity index (χ0) is 17.6. The first-order chi connectivity index (χ1) is 10.8. The number of aryl methyl sites for hydroxylation is 1. The van der Waals surface area contributed by atoms with Crippen LogP contribution in [0.4, 0.5) is 0 Å². The molecule has 0 aromatic heterocycles. The molecule has 1 rings (SSSR count). The number of carbonyl (C=O) groups excluding carboxylic acids is 3. The summed E-state index contributed by atoms with van der Waals surface area (Å²) in [6, 6.07) is 2.04. The first-order valence-corrected chi connectivity index (χ1v) is 7.68. The second-order valence-corrected chi connectivity index (χ2v) is 5.71. The van der Waals surface area contributed by atoms with Gasteiger partial charge in [-0.2, -0.15) is 0 Å². The number of thioether (sulfide) groups is 1. The standard InChI is InChI=1S/C15H19NO6S/c1-8-5-10(6-12(21-3)13(8)18)15(20)23-7-11(14(19)22-4)16-9(2)17/h5-6,11,18H,7H2,1-4H3,(H,16,17)/t11-/m0/s1. The molecule has 1 aromatic rings. The van der Waals surface area contributed by atoms with Crippen LogP contribution in [0.15, 0.2) is 12.1 Å². The van der Waals surface area contributed by atoms with E-state index in [0.29, 0.717) is 11.1 Å². The third kappa shape index (κ3) is 5.17. The number of ether oxygens (including phenoxy) is 2. The predicted molar refractivity (Wildman–Crippen MR) is 85.8 cm³/mol. The van der Waals surface area contributed by atoms with E-state index in [0.717, 1.165) is 11.8 Å². The summed E-state index contributed by atoms with van der Waals surface area (Å²) in [6.45, 7) is 2.92. The number of carbonyl (C=O) groups is 3. The van der Waals surface area contributed by atoms with Gasteiger partial charge in [0, 0.05) is 18.2 Å². The van der Waals surface area contributed by atoms with E-state index < -0.39 is 17.9 Å². The van der Waals surface area contributed by atoms with E-state index in [-0.39, 0.29) is 22.4 Å². The van der Waals surface area contributed by atoms with E-state index in [4.69, 9.17) is 4.74 Å². The van der Waals surface area contributed by atoms with Gasteiger partial charge in [-0.05, 0) is 24.6 Å². The van der Waals surface area contributed by atoms with E-state index in [1.54, 1.807) is 6.92 Å². The molecule has 0 heterocycles. The Morgan fingerprint density at radius 2 is 1.96 bits per heavy atom.